The Labute approximate surface area is 139 Å². The van der Waals surface area contributed by atoms with Crippen molar-refractivity contribution < 1.29 is 19.2 Å². The fraction of sp³-hybridized carbons (Fsp3) is 0.235. The Bertz CT molecular complexity index is 715. The average Bonchev–Trinajstić information content (AvgIpc) is 2.60. The second-order valence-electron chi connectivity index (χ2n) is 4.99. The molecule has 0 saturated heterocycles. The van der Waals surface area contributed by atoms with Crippen LogP contribution in [0, 0.1) is 10.1 Å². The van der Waals surface area contributed by atoms with E-state index in [4.69, 9.17) is 9.47 Å². The van der Waals surface area contributed by atoms with Crippen LogP contribution in [0.4, 0.5) is 11.4 Å². The standard InChI is InChI=1S/C17H18N2O5/c1-3-16(24-15-9-7-14(23-2)8-10-15)17(20)18-12-5-4-6-13(11-12)19(21)22/h4-11,16H,3H2,1-2H3,(H,18,20). The van der Waals surface area contributed by atoms with Gasteiger partial charge in [-0.15, -0.1) is 0 Å². The molecule has 0 fully saturated rings. The molecule has 1 amide bonds. The number of rotatable bonds is 7. The summed E-state index contributed by atoms with van der Waals surface area (Å²) in [6.07, 6.45) is -0.259. The Balaban J connectivity index is 2.05. The number of nitro groups is 1. The highest BCUT2D eigenvalue weighted by Gasteiger charge is 2.19. The zero-order chi connectivity index (χ0) is 17.5. The van der Waals surface area contributed by atoms with Crippen LogP contribution in [0.25, 0.3) is 0 Å². The van der Waals surface area contributed by atoms with Gasteiger partial charge in [0.2, 0.25) is 0 Å². The molecule has 0 spiro atoms. The van der Waals surface area contributed by atoms with Crippen LogP contribution in [0.1, 0.15) is 13.3 Å². The summed E-state index contributed by atoms with van der Waals surface area (Å²) in [7, 11) is 1.57. The Kier molecular flexibility index (Phi) is 5.73. The maximum atomic E-state index is 12.3. The van der Waals surface area contributed by atoms with Gasteiger partial charge < -0.3 is 14.8 Å². The first kappa shape index (κ1) is 17.3. The number of methoxy groups -OCH3 is 1. The number of hydrogen-bond acceptors (Lipinski definition) is 5. The third kappa shape index (κ3) is 4.45. The van der Waals surface area contributed by atoms with E-state index in [1.54, 1.807) is 37.4 Å². The van der Waals surface area contributed by atoms with Crippen molar-refractivity contribution >= 4 is 17.3 Å². The van der Waals surface area contributed by atoms with Crippen LogP contribution in [0.2, 0.25) is 0 Å². The maximum absolute atomic E-state index is 12.3. The molecular formula is C17H18N2O5. The smallest absolute Gasteiger partial charge is 0.271 e. The van der Waals surface area contributed by atoms with Crippen LogP contribution in [0.5, 0.6) is 11.5 Å². The molecule has 1 atom stereocenters. The molecule has 2 aromatic rings. The molecule has 1 unspecified atom stereocenters. The van der Waals surface area contributed by atoms with Gasteiger partial charge in [-0.25, -0.2) is 0 Å². The second kappa shape index (κ2) is 7.96. The third-order valence-electron chi connectivity index (χ3n) is 3.33. The number of nitrogens with zero attached hydrogens (tertiary/aromatic N) is 1. The Hall–Kier alpha value is -3.09. The summed E-state index contributed by atoms with van der Waals surface area (Å²) in [6.45, 7) is 1.82. The predicted molar refractivity (Wildman–Crippen MR) is 89.4 cm³/mol. The fourth-order valence-electron chi connectivity index (χ4n) is 2.06. The molecule has 24 heavy (non-hydrogen) atoms. The average molecular weight is 330 g/mol. The summed E-state index contributed by atoms with van der Waals surface area (Å²) >= 11 is 0. The Morgan fingerprint density at radius 1 is 1.21 bits per heavy atom. The van der Waals surface area contributed by atoms with E-state index in [0.29, 0.717) is 23.6 Å². The largest absolute Gasteiger partial charge is 0.497 e. The second-order valence-corrected chi connectivity index (χ2v) is 4.99. The SMILES string of the molecule is CCC(Oc1ccc(OC)cc1)C(=O)Nc1cccc([N+](=O)[O-])c1. The molecule has 0 aromatic heterocycles. The van der Waals surface area contributed by atoms with Crippen LogP contribution in [-0.2, 0) is 4.79 Å². The van der Waals surface area contributed by atoms with Crippen molar-refractivity contribution in [3.05, 3.63) is 58.6 Å². The molecule has 0 saturated carbocycles. The predicted octanol–water partition coefficient (Wildman–Crippen LogP) is 3.40. The van der Waals surface area contributed by atoms with Crippen molar-refractivity contribution in [2.24, 2.45) is 0 Å². The fourth-order valence-corrected chi connectivity index (χ4v) is 2.06. The van der Waals surface area contributed by atoms with Crippen LogP contribution in [0.15, 0.2) is 48.5 Å². The van der Waals surface area contributed by atoms with Crippen LogP contribution < -0.4 is 14.8 Å². The molecular weight excluding hydrogens is 312 g/mol. The van der Waals surface area contributed by atoms with Gasteiger partial charge in [0.05, 0.1) is 12.0 Å². The van der Waals surface area contributed by atoms with Gasteiger partial charge in [0.25, 0.3) is 11.6 Å². The van der Waals surface area contributed by atoms with Gasteiger partial charge in [-0.05, 0) is 36.8 Å². The van der Waals surface area contributed by atoms with Crippen molar-refractivity contribution in [3.8, 4) is 11.5 Å². The highest BCUT2D eigenvalue weighted by molar-refractivity contribution is 5.94. The molecule has 1 N–H and O–H groups in total. The van der Waals surface area contributed by atoms with E-state index in [1.165, 1.54) is 18.2 Å². The minimum absolute atomic E-state index is 0.0862. The van der Waals surface area contributed by atoms with E-state index in [9.17, 15) is 14.9 Å². The van der Waals surface area contributed by atoms with Gasteiger partial charge in [-0.3, -0.25) is 14.9 Å². The van der Waals surface area contributed by atoms with E-state index in [0.717, 1.165) is 0 Å². The molecule has 126 valence electrons. The van der Waals surface area contributed by atoms with Crippen LogP contribution in [0.3, 0.4) is 0 Å². The van der Waals surface area contributed by atoms with Gasteiger partial charge in [0.1, 0.15) is 11.5 Å². The summed E-state index contributed by atoms with van der Waals surface area (Å²) < 4.78 is 10.7. The number of carbonyl (C=O) groups excluding carboxylic acids is 1. The lowest BCUT2D eigenvalue weighted by Crippen LogP contribution is -2.32. The van der Waals surface area contributed by atoms with Crippen molar-refractivity contribution in [2.75, 3.05) is 12.4 Å². The normalized spacial score (nSPS) is 11.4. The number of amides is 1. The molecule has 7 nitrogen and oxygen atoms in total. The summed E-state index contributed by atoms with van der Waals surface area (Å²) in [5, 5.41) is 13.4. The Morgan fingerprint density at radius 3 is 2.46 bits per heavy atom. The number of non-ortho nitro benzene ring substituents is 1. The van der Waals surface area contributed by atoms with E-state index in [1.807, 2.05) is 6.92 Å². The molecule has 0 heterocycles. The lowest BCUT2D eigenvalue weighted by molar-refractivity contribution is -0.384. The zero-order valence-electron chi connectivity index (χ0n) is 13.4. The van der Waals surface area contributed by atoms with Gasteiger partial charge in [-0.1, -0.05) is 13.0 Å². The summed E-state index contributed by atoms with van der Waals surface area (Å²) in [6, 6.07) is 12.7. The monoisotopic (exact) mass is 330 g/mol. The minimum Gasteiger partial charge on any atom is -0.497 e. The molecule has 7 heteroatoms. The highest BCUT2D eigenvalue weighted by Crippen LogP contribution is 2.21. The first-order chi connectivity index (χ1) is 11.5. The third-order valence-corrected chi connectivity index (χ3v) is 3.33. The highest BCUT2D eigenvalue weighted by atomic mass is 16.6. The number of hydrogen-bond donors (Lipinski definition) is 1. The van der Waals surface area contributed by atoms with Gasteiger partial charge in [0, 0.05) is 17.8 Å². The quantitative estimate of drug-likeness (QED) is 0.620. The first-order valence-electron chi connectivity index (χ1n) is 7.39. The molecule has 0 radical (unpaired) electrons. The first-order valence-corrected chi connectivity index (χ1v) is 7.39. The van der Waals surface area contributed by atoms with Crippen molar-refractivity contribution in [1.82, 2.24) is 0 Å². The van der Waals surface area contributed by atoms with Crippen LogP contribution in [-0.4, -0.2) is 24.0 Å². The van der Waals surface area contributed by atoms with Crippen molar-refractivity contribution in [3.63, 3.8) is 0 Å². The summed E-state index contributed by atoms with van der Waals surface area (Å²) in [5.74, 6) is 0.863. The number of ether oxygens (including phenoxy) is 2. The van der Waals surface area contributed by atoms with E-state index in [-0.39, 0.29) is 11.6 Å². The lowest BCUT2D eigenvalue weighted by atomic mass is 10.2. The lowest BCUT2D eigenvalue weighted by Gasteiger charge is -2.17. The van der Waals surface area contributed by atoms with Gasteiger partial charge in [-0.2, -0.15) is 0 Å². The summed E-state index contributed by atoms with van der Waals surface area (Å²) in [4.78, 5) is 22.6. The molecule has 0 aliphatic carbocycles. The van der Waals surface area contributed by atoms with E-state index >= 15 is 0 Å². The van der Waals surface area contributed by atoms with E-state index < -0.39 is 11.0 Å². The maximum Gasteiger partial charge on any atom is 0.271 e. The minimum atomic E-state index is -0.711. The number of anilines is 1. The molecule has 2 aromatic carbocycles. The van der Waals surface area contributed by atoms with Gasteiger partial charge >= 0.3 is 0 Å². The molecule has 0 bridgehead atoms. The van der Waals surface area contributed by atoms with Gasteiger partial charge in [0.15, 0.2) is 6.10 Å². The molecule has 0 aliphatic rings. The molecule has 0 aliphatic heterocycles. The zero-order valence-corrected chi connectivity index (χ0v) is 13.4. The molecule has 2 rings (SSSR count). The Morgan fingerprint density at radius 2 is 1.88 bits per heavy atom. The van der Waals surface area contributed by atoms with Crippen molar-refractivity contribution in [1.29, 1.82) is 0 Å². The number of nitrogens with one attached hydrogen (secondary N) is 1. The number of benzene rings is 2. The van der Waals surface area contributed by atoms with Crippen molar-refractivity contribution in [2.45, 2.75) is 19.4 Å². The van der Waals surface area contributed by atoms with E-state index in [2.05, 4.69) is 5.32 Å². The summed E-state index contributed by atoms with van der Waals surface area (Å²) in [5.41, 5.74) is 0.267. The topological polar surface area (TPSA) is 90.7 Å². The number of nitro benzene ring substituents is 1. The number of carbonyl (C=O) groups is 1. The van der Waals surface area contributed by atoms with Crippen LogP contribution >= 0.6 is 0 Å².